The first kappa shape index (κ1) is 21.3. The zero-order valence-electron chi connectivity index (χ0n) is 17.1. The van der Waals surface area contributed by atoms with E-state index in [9.17, 15) is 25.0 Å². The fraction of sp³-hybridized carbons (Fsp3) is 0.381. The molecular formula is C21H20N2O9. The highest BCUT2D eigenvalue weighted by molar-refractivity contribution is 5.91. The number of rotatable bonds is 6. The van der Waals surface area contributed by atoms with Crippen molar-refractivity contribution in [2.24, 2.45) is 5.92 Å². The normalized spacial score (nSPS) is 21.6. The van der Waals surface area contributed by atoms with Crippen LogP contribution < -0.4 is 14.2 Å². The number of esters is 1. The van der Waals surface area contributed by atoms with E-state index in [-0.39, 0.29) is 18.3 Å². The van der Waals surface area contributed by atoms with Crippen molar-refractivity contribution in [1.82, 2.24) is 0 Å². The molecule has 168 valence electrons. The Morgan fingerprint density at radius 1 is 0.969 bits per heavy atom. The number of carbonyl (C=O) groups excluding carboxylic acids is 1. The second-order valence-electron chi connectivity index (χ2n) is 7.79. The molecular weight excluding hydrogens is 424 g/mol. The number of nitro groups is 2. The number of fused-ring (bicyclic) bond motifs is 1. The molecule has 3 atom stereocenters. The summed E-state index contributed by atoms with van der Waals surface area (Å²) in [6.45, 7) is 2.16. The first-order valence-corrected chi connectivity index (χ1v) is 10.0. The summed E-state index contributed by atoms with van der Waals surface area (Å²) in [5.41, 5.74) is -1.38. The van der Waals surface area contributed by atoms with Crippen molar-refractivity contribution in [3.63, 3.8) is 0 Å². The zero-order chi connectivity index (χ0) is 22.8. The number of ether oxygens (including phenoxy) is 4. The van der Waals surface area contributed by atoms with Crippen LogP contribution in [0.2, 0.25) is 0 Å². The molecule has 0 spiro atoms. The van der Waals surface area contributed by atoms with Crippen molar-refractivity contribution in [3.8, 4) is 17.2 Å². The quantitative estimate of drug-likeness (QED) is 0.367. The van der Waals surface area contributed by atoms with Crippen LogP contribution >= 0.6 is 0 Å². The van der Waals surface area contributed by atoms with Crippen molar-refractivity contribution < 1.29 is 33.6 Å². The van der Waals surface area contributed by atoms with Crippen LogP contribution in [0.15, 0.2) is 36.4 Å². The van der Waals surface area contributed by atoms with Gasteiger partial charge in [0.1, 0.15) is 18.0 Å². The molecule has 1 aliphatic carbocycles. The van der Waals surface area contributed by atoms with Gasteiger partial charge >= 0.3 is 5.97 Å². The van der Waals surface area contributed by atoms with E-state index in [2.05, 4.69) is 0 Å². The standard InChI is InChI=1S/C21H20N2O9/c1-12-2-4-18(31-16-3-5-17-19(10-16)30-11-29-17)20(6-12)32-21(24)13-7-14(22(25)26)9-15(8-13)23(27)28/h3,5,7-10,12,18,20H,2,4,6,11H2,1H3/t12-,18+,20+/m0/s1. The number of hydrogen-bond donors (Lipinski definition) is 0. The van der Waals surface area contributed by atoms with Gasteiger partial charge in [-0.3, -0.25) is 20.2 Å². The zero-order valence-corrected chi connectivity index (χ0v) is 17.1. The van der Waals surface area contributed by atoms with E-state index in [0.717, 1.165) is 24.6 Å². The van der Waals surface area contributed by atoms with Crippen LogP contribution in [-0.4, -0.2) is 34.8 Å². The van der Waals surface area contributed by atoms with Gasteiger partial charge in [-0.05, 0) is 37.3 Å². The minimum absolute atomic E-state index is 0.134. The molecule has 1 heterocycles. The van der Waals surface area contributed by atoms with E-state index >= 15 is 0 Å². The summed E-state index contributed by atoms with van der Waals surface area (Å²) >= 11 is 0. The fourth-order valence-corrected chi connectivity index (χ4v) is 3.81. The van der Waals surface area contributed by atoms with Crippen molar-refractivity contribution in [1.29, 1.82) is 0 Å². The highest BCUT2D eigenvalue weighted by Crippen LogP contribution is 2.37. The third kappa shape index (κ3) is 4.56. The van der Waals surface area contributed by atoms with Crippen LogP contribution in [0.4, 0.5) is 11.4 Å². The summed E-state index contributed by atoms with van der Waals surface area (Å²) in [5.74, 6) is 1.09. The van der Waals surface area contributed by atoms with Gasteiger partial charge in [-0.15, -0.1) is 0 Å². The Kier molecular flexibility index (Phi) is 5.80. The number of hydrogen-bond acceptors (Lipinski definition) is 9. The van der Waals surface area contributed by atoms with Gasteiger partial charge in [0.15, 0.2) is 11.5 Å². The Bertz CT molecular complexity index is 1040. The molecule has 2 aromatic rings. The molecule has 0 N–H and O–H groups in total. The summed E-state index contributed by atoms with van der Waals surface area (Å²) in [5, 5.41) is 22.2. The van der Waals surface area contributed by atoms with Crippen molar-refractivity contribution in [2.75, 3.05) is 6.79 Å². The van der Waals surface area contributed by atoms with Gasteiger partial charge in [-0.1, -0.05) is 6.92 Å². The molecule has 0 bridgehead atoms. The van der Waals surface area contributed by atoms with Crippen LogP contribution in [0, 0.1) is 26.1 Å². The van der Waals surface area contributed by atoms with Crippen LogP contribution in [0.25, 0.3) is 0 Å². The third-order valence-electron chi connectivity index (χ3n) is 5.44. The maximum Gasteiger partial charge on any atom is 0.339 e. The summed E-state index contributed by atoms with van der Waals surface area (Å²) < 4.78 is 22.4. The molecule has 0 amide bonds. The second kappa shape index (κ2) is 8.69. The molecule has 4 rings (SSSR count). The minimum Gasteiger partial charge on any atom is -0.486 e. The van der Waals surface area contributed by atoms with E-state index < -0.39 is 39.4 Å². The summed E-state index contributed by atoms with van der Waals surface area (Å²) in [6.07, 6.45) is 0.936. The molecule has 0 unspecified atom stereocenters. The molecule has 11 heteroatoms. The molecule has 2 aliphatic rings. The van der Waals surface area contributed by atoms with Gasteiger partial charge in [0.05, 0.1) is 21.5 Å². The average Bonchev–Trinajstić information content (AvgIpc) is 3.23. The topological polar surface area (TPSA) is 140 Å². The van der Waals surface area contributed by atoms with Gasteiger partial charge in [-0.25, -0.2) is 4.79 Å². The van der Waals surface area contributed by atoms with E-state index in [4.69, 9.17) is 18.9 Å². The Morgan fingerprint density at radius 2 is 1.66 bits per heavy atom. The second-order valence-corrected chi connectivity index (χ2v) is 7.79. The number of nitrogens with zero attached hydrogens (tertiary/aromatic N) is 2. The third-order valence-corrected chi connectivity index (χ3v) is 5.44. The van der Waals surface area contributed by atoms with Crippen molar-refractivity contribution >= 4 is 17.3 Å². The van der Waals surface area contributed by atoms with E-state index in [1.54, 1.807) is 18.2 Å². The van der Waals surface area contributed by atoms with Gasteiger partial charge < -0.3 is 18.9 Å². The van der Waals surface area contributed by atoms with Crippen molar-refractivity contribution in [2.45, 2.75) is 38.4 Å². The Balaban J connectivity index is 1.53. The minimum atomic E-state index is -0.879. The molecule has 2 aromatic carbocycles. The lowest BCUT2D eigenvalue weighted by Crippen LogP contribution is -2.40. The maximum atomic E-state index is 12.8. The molecule has 0 saturated heterocycles. The highest BCUT2D eigenvalue weighted by Gasteiger charge is 2.34. The predicted octanol–water partition coefficient (Wildman–Crippen LogP) is 4.02. The highest BCUT2D eigenvalue weighted by atomic mass is 16.7. The monoisotopic (exact) mass is 444 g/mol. The number of non-ortho nitro benzene ring substituents is 2. The number of nitro benzene ring substituents is 2. The molecule has 32 heavy (non-hydrogen) atoms. The van der Waals surface area contributed by atoms with Crippen LogP contribution in [0.1, 0.15) is 36.5 Å². The summed E-state index contributed by atoms with van der Waals surface area (Å²) in [6, 6.07) is 7.89. The van der Waals surface area contributed by atoms with E-state index in [0.29, 0.717) is 30.1 Å². The smallest absolute Gasteiger partial charge is 0.339 e. The molecule has 0 radical (unpaired) electrons. The van der Waals surface area contributed by atoms with Crippen LogP contribution in [0.5, 0.6) is 17.2 Å². The largest absolute Gasteiger partial charge is 0.486 e. The lowest BCUT2D eigenvalue weighted by molar-refractivity contribution is -0.394. The molecule has 11 nitrogen and oxygen atoms in total. The predicted molar refractivity (Wildman–Crippen MR) is 109 cm³/mol. The molecule has 0 aromatic heterocycles. The average molecular weight is 444 g/mol. The fourth-order valence-electron chi connectivity index (χ4n) is 3.81. The summed E-state index contributed by atoms with van der Waals surface area (Å²) in [4.78, 5) is 33.4. The van der Waals surface area contributed by atoms with E-state index in [1.165, 1.54) is 0 Å². The van der Waals surface area contributed by atoms with E-state index in [1.807, 2.05) is 6.92 Å². The van der Waals surface area contributed by atoms with Gasteiger partial charge in [0.25, 0.3) is 11.4 Å². The lowest BCUT2D eigenvalue weighted by atomic mass is 9.86. The molecule has 1 saturated carbocycles. The summed E-state index contributed by atoms with van der Waals surface area (Å²) in [7, 11) is 0. The Labute approximate surface area is 182 Å². The number of benzene rings is 2. The number of carbonyl (C=O) groups is 1. The Morgan fingerprint density at radius 3 is 2.34 bits per heavy atom. The van der Waals surface area contributed by atoms with Crippen LogP contribution in [-0.2, 0) is 4.74 Å². The first-order chi connectivity index (χ1) is 15.3. The first-order valence-electron chi connectivity index (χ1n) is 10.0. The van der Waals surface area contributed by atoms with Gasteiger partial charge in [-0.2, -0.15) is 0 Å². The molecule has 1 aliphatic heterocycles. The SMILES string of the molecule is C[C@H]1CC[C@@H](Oc2ccc3c(c2)OCO3)[C@H](OC(=O)c2cc([N+](=O)[O-])cc([N+](=O)[O-])c2)C1. The molecule has 1 fully saturated rings. The van der Waals surface area contributed by atoms with Gasteiger partial charge in [0.2, 0.25) is 6.79 Å². The van der Waals surface area contributed by atoms with Crippen LogP contribution in [0.3, 0.4) is 0 Å². The Hall–Kier alpha value is -3.89. The van der Waals surface area contributed by atoms with Gasteiger partial charge in [0, 0.05) is 18.2 Å². The van der Waals surface area contributed by atoms with Crippen molar-refractivity contribution in [3.05, 3.63) is 62.2 Å². The maximum absolute atomic E-state index is 12.8. The lowest BCUT2D eigenvalue weighted by Gasteiger charge is -2.34.